The van der Waals surface area contributed by atoms with Gasteiger partial charge in [0.1, 0.15) is 0 Å². The van der Waals surface area contributed by atoms with Crippen molar-refractivity contribution in [3.8, 4) is 66.8 Å². The fraction of sp³-hybridized carbons (Fsp3) is 0.0164. The predicted molar refractivity (Wildman–Crippen MR) is 259 cm³/mol. The number of nitrogens with zero attached hydrogens (tertiary/aromatic N) is 1. The van der Waals surface area contributed by atoms with E-state index in [4.69, 9.17) is 0 Å². The summed E-state index contributed by atoms with van der Waals surface area (Å²) in [4.78, 5) is 2.50. The topological polar surface area (TPSA) is 3.24 Å². The van der Waals surface area contributed by atoms with E-state index in [1.165, 1.54) is 89.0 Å². The number of fused-ring (bicyclic) bond motifs is 10. The Hall–Kier alpha value is -8.00. The van der Waals surface area contributed by atoms with Gasteiger partial charge in [-0.15, -0.1) is 0 Å². The molecule has 0 radical (unpaired) electrons. The second kappa shape index (κ2) is 14.6. The lowest BCUT2D eigenvalue weighted by atomic mass is 9.70. The van der Waals surface area contributed by atoms with Crippen molar-refractivity contribution in [2.45, 2.75) is 5.41 Å². The SMILES string of the molecule is c1ccc(-c2ccc(N(c3ccc(-c4ccccc4)cc3)c3cc(-c4ccccc4)cc4c3-c3ccc(-c5ccccc5)cc3C43c4ccccc4-c4ccccc43)cc2)cc1. The van der Waals surface area contributed by atoms with Crippen LogP contribution in [0.5, 0.6) is 0 Å². The molecule has 290 valence electrons. The first-order valence-corrected chi connectivity index (χ1v) is 21.5. The van der Waals surface area contributed by atoms with E-state index >= 15 is 0 Å². The largest absolute Gasteiger partial charge is 0.310 e. The summed E-state index contributed by atoms with van der Waals surface area (Å²) in [6.45, 7) is 0. The number of rotatable bonds is 7. The third-order valence-electron chi connectivity index (χ3n) is 13.1. The molecule has 0 bridgehead atoms. The zero-order chi connectivity index (χ0) is 41.0. The van der Waals surface area contributed by atoms with Crippen LogP contribution in [0.4, 0.5) is 17.1 Å². The van der Waals surface area contributed by atoms with Crippen LogP contribution in [-0.4, -0.2) is 0 Å². The van der Waals surface area contributed by atoms with E-state index in [9.17, 15) is 0 Å². The fourth-order valence-corrected chi connectivity index (χ4v) is 10.3. The molecule has 12 rings (SSSR count). The van der Waals surface area contributed by atoms with Crippen LogP contribution in [0, 0.1) is 0 Å². The molecule has 0 fully saturated rings. The summed E-state index contributed by atoms with van der Waals surface area (Å²) < 4.78 is 0. The van der Waals surface area contributed by atoms with Crippen molar-refractivity contribution in [2.24, 2.45) is 0 Å². The average molecular weight is 788 g/mol. The number of anilines is 3. The number of benzene rings is 10. The van der Waals surface area contributed by atoms with Crippen molar-refractivity contribution < 1.29 is 0 Å². The van der Waals surface area contributed by atoms with Gasteiger partial charge in [-0.05, 0) is 126 Å². The summed E-state index contributed by atoms with van der Waals surface area (Å²) >= 11 is 0. The van der Waals surface area contributed by atoms with Crippen molar-refractivity contribution in [1.82, 2.24) is 0 Å². The molecule has 62 heavy (non-hydrogen) atoms. The van der Waals surface area contributed by atoms with Crippen LogP contribution in [0.15, 0.2) is 249 Å². The zero-order valence-corrected chi connectivity index (χ0v) is 34.1. The Kier molecular flexibility index (Phi) is 8.47. The summed E-state index contributed by atoms with van der Waals surface area (Å²) in [5.74, 6) is 0. The summed E-state index contributed by atoms with van der Waals surface area (Å²) in [6, 6.07) is 91.7. The van der Waals surface area contributed by atoms with Crippen molar-refractivity contribution >= 4 is 17.1 Å². The molecule has 0 aliphatic heterocycles. The van der Waals surface area contributed by atoms with E-state index in [1.807, 2.05) is 0 Å². The molecule has 0 saturated carbocycles. The maximum Gasteiger partial charge on any atom is 0.0726 e. The van der Waals surface area contributed by atoms with Crippen LogP contribution in [0.2, 0.25) is 0 Å². The zero-order valence-electron chi connectivity index (χ0n) is 34.1. The van der Waals surface area contributed by atoms with E-state index in [0.717, 1.165) is 17.1 Å². The Labute approximate surface area is 363 Å². The minimum absolute atomic E-state index is 0.553. The molecule has 1 heteroatoms. The molecule has 1 nitrogen and oxygen atoms in total. The van der Waals surface area contributed by atoms with E-state index in [2.05, 4.69) is 254 Å². The van der Waals surface area contributed by atoms with Gasteiger partial charge in [-0.1, -0.05) is 206 Å². The third kappa shape index (κ3) is 5.63. The maximum atomic E-state index is 2.50. The van der Waals surface area contributed by atoms with E-state index in [1.54, 1.807) is 0 Å². The monoisotopic (exact) mass is 787 g/mol. The molecule has 0 N–H and O–H groups in total. The molecule has 1 spiro atoms. The van der Waals surface area contributed by atoms with Gasteiger partial charge >= 0.3 is 0 Å². The highest BCUT2D eigenvalue weighted by Gasteiger charge is 2.53. The Balaban J connectivity index is 1.18. The molecule has 10 aromatic rings. The first kappa shape index (κ1) is 35.9. The minimum atomic E-state index is -0.553. The lowest BCUT2D eigenvalue weighted by molar-refractivity contribution is 0.794. The molecule has 2 aliphatic carbocycles. The summed E-state index contributed by atoms with van der Waals surface area (Å²) in [5.41, 5.74) is 22.7. The molecular formula is C61H41N. The van der Waals surface area contributed by atoms with Crippen LogP contribution in [-0.2, 0) is 5.41 Å². The minimum Gasteiger partial charge on any atom is -0.310 e. The van der Waals surface area contributed by atoms with Gasteiger partial charge in [0, 0.05) is 16.9 Å². The molecule has 0 amide bonds. The predicted octanol–water partition coefficient (Wildman–Crippen LogP) is 16.2. The first-order chi connectivity index (χ1) is 30.8. The van der Waals surface area contributed by atoms with E-state index < -0.39 is 5.41 Å². The maximum absolute atomic E-state index is 2.50. The van der Waals surface area contributed by atoms with Gasteiger partial charge in [0.25, 0.3) is 0 Å². The molecule has 0 unspecified atom stereocenters. The van der Waals surface area contributed by atoms with Crippen LogP contribution < -0.4 is 4.90 Å². The number of hydrogen-bond acceptors (Lipinski definition) is 1. The van der Waals surface area contributed by atoms with Gasteiger partial charge in [0.2, 0.25) is 0 Å². The van der Waals surface area contributed by atoms with E-state index in [-0.39, 0.29) is 0 Å². The highest BCUT2D eigenvalue weighted by atomic mass is 15.1. The average Bonchev–Trinajstić information content (AvgIpc) is 3.83. The van der Waals surface area contributed by atoms with Crippen LogP contribution in [0.25, 0.3) is 66.8 Å². The molecule has 2 aliphatic rings. The third-order valence-corrected chi connectivity index (χ3v) is 13.1. The van der Waals surface area contributed by atoms with Crippen LogP contribution >= 0.6 is 0 Å². The summed E-state index contributed by atoms with van der Waals surface area (Å²) in [6.07, 6.45) is 0. The molecule has 0 heterocycles. The first-order valence-electron chi connectivity index (χ1n) is 21.5. The van der Waals surface area contributed by atoms with Gasteiger partial charge in [-0.25, -0.2) is 0 Å². The van der Waals surface area contributed by atoms with Crippen molar-refractivity contribution in [1.29, 1.82) is 0 Å². The van der Waals surface area contributed by atoms with Gasteiger partial charge in [0.05, 0.1) is 11.1 Å². The molecular weight excluding hydrogens is 747 g/mol. The van der Waals surface area contributed by atoms with Gasteiger partial charge in [0.15, 0.2) is 0 Å². The van der Waals surface area contributed by atoms with Crippen LogP contribution in [0.3, 0.4) is 0 Å². The Morgan fingerprint density at radius 1 is 0.242 bits per heavy atom. The lowest BCUT2D eigenvalue weighted by Gasteiger charge is -2.33. The quantitative estimate of drug-likeness (QED) is 0.155. The normalized spacial score (nSPS) is 12.6. The Morgan fingerprint density at radius 3 is 1.10 bits per heavy atom. The Morgan fingerprint density at radius 2 is 0.613 bits per heavy atom. The highest BCUT2D eigenvalue weighted by molar-refractivity contribution is 6.03. The van der Waals surface area contributed by atoms with E-state index in [0.29, 0.717) is 0 Å². The van der Waals surface area contributed by atoms with Crippen molar-refractivity contribution in [3.05, 3.63) is 271 Å². The number of hydrogen-bond donors (Lipinski definition) is 0. The van der Waals surface area contributed by atoms with Gasteiger partial charge in [-0.3, -0.25) is 0 Å². The molecule has 0 aromatic heterocycles. The molecule has 0 atom stereocenters. The summed E-state index contributed by atoms with van der Waals surface area (Å²) in [5, 5.41) is 0. The lowest BCUT2D eigenvalue weighted by Crippen LogP contribution is -2.26. The summed E-state index contributed by atoms with van der Waals surface area (Å²) in [7, 11) is 0. The second-order valence-corrected chi connectivity index (χ2v) is 16.4. The van der Waals surface area contributed by atoms with Gasteiger partial charge in [-0.2, -0.15) is 0 Å². The molecule has 10 aromatic carbocycles. The second-order valence-electron chi connectivity index (χ2n) is 16.4. The van der Waals surface area contributed by atoms with Crippen LogP contribution in [0.1, 0.15) is 22.3 Å². The smallest absolute Gasteiger partial charge is 0.0726 e. The van der Waals surface area contributed by atoms with Crippen molar-refractivity contribution in [2.75, 3.05) is 4.90 Å². The standard InChI is InChI=1S/C61H41N/c1-5-17-42(18-6-1)46-29-34-50(35-30-46)62(51-36-31-47(32-37-51)43-19-7-2-8-20-43)59-41-49(45-23-11-4-12-24-45)40-58-60(59)54-38-33-48(44-21-9-3-10-22-44)39-57(54)61(58)55-27-15-13-25-52(55)53-26-14-16-28-56(53)61/h1-41H. The van der Waals surface area contributed by atoms with Crippen molar-refractivity contribution in [3.63, 3.8) is 0 Å². The fourth-order valence-electron chi connectivity index (χ4n) is 10.3. The molecule has 0 saturated heterocycles. The Bertz CT molecular complexity index is 3110. The van der Waals surface area contributed by atoms with Gasteiger partial charge < -0.3 is 4.90 Å². The highest BCUT2D eigenvalue weighted by Crippen LogP contribution is 2.65.